The number of nitrogens with one attached hydrogen (secondary N) is 1. The second kappa shape index (κ2) is 8.01. The highest BCUT2D eigenvalue weighted by atomic mass is 79.9. The molecule has 0 heterocycles. The first-order valence-electron chi connectivity index (χ1n) is 6.23. The Hall–Kier alpha value is -1.40. The number of ether oxygens (including phenoxy) is 1. The maximum atomic E-state index is 11.9. The fourth-order valence-corrected chi connectivity index (χ4v) is 2.21. The molecule has 1 N–H and O–H groups in total. The predicted octanol–water partition coefficient (Wildman–Crippen LogP) is 2.19. The molecule has 1 amide bonds. The molecule has 0 atom stereocenters. The molecule has 5 nitrogen and oxygen atoms in total. The van der Waals surface area contributed by atoms with Crippen molar-refractivity contribution in [1.82, 2.24) is 4.90 Å². The molecule has 0 spiro atoms. The molecule has 1 aromatic rings. The van der Waals surface area contributed by atoms with Crippen LogP contribution in [0.15, 0.2) is 22.7 Å². The summed E-state index contributed by atoms with van der Waals surface area (Å²) in [6, 6.07) is 5.73. The van der Waals surface area contributed by atoms with Crippen molar-refractivity contribution >= 4 is 33.5 Å². The van der Waals surface area contributed by atoms with Crippen LogP contribution in [0.3, 0.4) is 0 Å². The first-order chi connectivity index (χ1) is 9.42. The first kappa shape index (κ1) is 16.7. The predicted molar refractivity (Wildman–Crippen MR) is 81.6 cm³/mol. The molecule has 0 aliphatic heterocycles. The topological polar surface area (TPSA) is 58.6 Å². The average Bonchev–Trinajstić information content (AvgIpc) is 2.39. The lowest BCUT2D eigenvalue weighted by Crippen LogP contribution is -2.32. The Morgan fingerprint density at radius 1 is 1.40 bits per heavy atom. The van der Waals surface area contributed by atoms with Crippen molar-refractivity contribution in [1.29, 1.82) is 0 Å². The highest BCUT2D eigenvalue weighted by molar-refractivity contribution is 9.10. The minimum Gasteiger partial charge on any atom is -0.469 e. The van der Waals surface area contributed by atoms with E-state index in [9.17, 15) is 9.59 Å². The molecule has 0 unspecified atom stereocenters. The number of methoxy groups -OCH3 is 1. The second-order valence-electron chi connectivity index (χ2n) is 4.60. The smallest absolute Gasteiger partial charge is 0.306 e. The molecule has 0 aliphatic rings. The van der Waals surface area contributed by atoms with E-state index in [0.717, 1.165) is 15.7 Å². The van der Waals surface area contributed by atoms with E-state index in [2.05, 4.69) is 26.0 Å². The monoisotopic (exact) mass is 342 g/mol. The largest absolute Gasteiger partial charge is 0.469 e. The normalized spacial score (nSPS) is 10.4. The maximum Gasteiger partial charge on any atom is 0.306 e. The summed E-state index contributed by atoms with van der Waals surface area (Å²) in [7, 11) is 3.14. The van der Waals surface area contributed by atoms with Gasteiger partial charge in [0.1, 0.15) is 0 Å². The van der Waals surface area contributed by atoms with Crippen LogP contribution < -0.4 is 5.32 Å². The minimum absolute atomic E-state index is 0.123. The SMILES string of the molecule is COC(=O)CCN(C)CC(=O)Nc1ccc(C)cc1Br. The molecule has 110 valence electrons. The Balaban J connectivity index is 2.45. The van der Waals surface area contributed by atoms with Gasteiger partial charge in [-0.2, -0.15) is 0 Å². The van der Waals surface area contributed by atoms with Crippen LogP contribution in [0.1, 0.15) is 12.0 Å². The van der Waals surface area contributed by atoms with Crippen molar-refractivity contribution in [3.63, 3.8) is 0 Å². The number of hydrogen-bond acceptors (Lipinski definition) is 4. The molecule has 0 aliphatic carbocycles. The van der Waals surface area contributed by atoms with E-state index in [4.69, 9.17) is 0 Å². The lowest BCUT2D eigenvalue weighted by Gasteiger charge is -2.16. The number of rotatable bonds is 6. The molecule has 1 aromatic carbocycles. The van der Waals surface area contributed by atoms with Gasteiger partial charge in [-0.1, -0.05) is 6.07 Å². The van der Waals surface area contributed by atoms with E-state index in [1.807, 2.05) is 25.1 Å². The van der Waals surface area contributed by atoms with Gasteiger partial charge in [0, 0.05) is 11.0 Å². The quantitative estimate of drug-likeness (QED) is 0.805. The van der Waals surface area contributed by atoms with Crippen LogP contribution in [0.4, 0.5) is 5.69 Å². The summed E-state index contributed by atoms with van der Waals surface area (Å²) in [4.78, 5) is 24.7. The van der Waals surface area contributed by atoms with Crippen LogP contribution in [0.2, 0.25) is 0 Å². The summed E-state index contributed by atoms with van der Waals surface area (Å²) in [6.45, 7) is 2.68. The number of carbonyl (C=O) groups is 2. The Morgan fingerprint density at radius 3 is 2.70 bits per heavy atom. The summed E-state index contributed by atoms with van der Waals surface area (Å²) in [5.74, 6) is -0.402. The van der Waals surface area contributed by atoms with Crippen LogP contribution in [-0.2, 0) is 14.3 Å². The molecule has 0 aromatic heterocycles. The maximum absolute atomic E-state index is 11.9. The van der Waals surface area contributed by atoms with Crippen LogP contribution in [0, 0.1) is 6.92 Å². The summed E-state index contributed by atoms with van der Waals surface area (Å²) in [6.07, 6.45) is 0.272. The number of benzene rings is 1. The van der Waals surface area contributed by atoms with Gasteiger partial charge in [0.05, 0.1) is 25.8 Å². The zero-order chi connectivity index (χ0) is 15.1. The van der Waals surface area contributed by atoms with E-state index in [1.165, 1.54) is 7.11 Å². The van der Waals surface area contributed by atoms with Crippen LogP contribution in [0.25, 0.3) is 0 Å². The van der Waals surface area contributed by atoms with Gasteiger partial charge in [0.15, 0.2) is 0 Å². The lowest BCUT2D eigenvalue weighted by atomic mass is 10.2. The van der Waals surface area contributed by atoms with Crippen molar-refractivity contribution in [2.45, 2.75) is 13.3 Å². The number of likely N-dealkylation sites (N-methyl/N-ethyl adjacent to an activating group) is 1. The zero-order valence-electron chi connectivity index (χ0n) is 11.9. The number of halogens is 1. The lowest BCUT2D eigenvalue weighted by molar-refractivity contribution is -0.141. The van der Waals surface area contributed by atoms with Crippen molar-refractivity contribution in [3.05, 3.63) is 28.2 Å². The number of amides is 1. The van der Waals surface area contributed by atoms with Gasteiger partial charge >= 0.3 is 5.97 Å². The standard InChI is InChI=1S/C14H19BrN2O3/c1-10-4-5-12(11(15)8-10)16-13(18)9-17(2)7-6-14(19)20-3/h4-5,8H,6-7,9H2,1-3H3,(H,16,18). The van der Waals surface area contributed by atoms with Gasteiger partial charge in [0.2, 0.25) is 5.91 Å². The average molecular weight is 343 g/mol. The fraction of sp³-hybridized carbons (Fsp3) is 0.429. The highest BCUT2D eigenvalue weighted by Crippen LogP contribution is 2.23. The Labute approximate surface area is 127 Å². The third-order valence-corrected chi connectivity index (χ3v) is 3.39. The van der Waals surface area contributed by atoms with Crippen molar-refractivity contribution < 1.29 is 14.3 Å². The Kier molecular flexibility index (Phi) is 6.67. The third kappa shape index (κ3) is 5.71. The molecule has 20 heavy (non-hydrogen) atoms. The third-order valence-electron chi connectivity index (χ3n) is 2.74. The van der Waals surface area contributed by atoms with Crippen LogP contribution in [0.5, 0.6) is 0 Å². The zero-order valence-corrected chi connectivity index (χ0v) is 13.5. The summed E-state index contributed by atoms with van der Waals surface area (Å²) in [5.41, 5.74) is 1.85. The molecule has 6 heteroatoms. The fourth-order valence-electron chi connectivity index (χ4n) is 1.62. The highest BCUT2D eigenvalue weighted by Gasteiger charge is 2.10. The van der Waals surface area contributed by atoms with E-state index >= 15 is 0 Å². The molecule has 0 radical (unpaired) electrons. The second-order valence-corrected chi connectivity index (χ2v) is 5.45. The van der Waals surface area contributed by atoms with Gasteiger partial charge in [-0.15, -0.1) is 0 Å². The molecule has 1 rings (SSSR count). The number of nitrogens with zero attached hydrogens (tertiary/aromatic N) is 1. The number of carbonyl (C=O) groups excluding carboxylic acids is 2. The summed E-state index contributed by atoms with van der Waals surface area (Å²) < 4.78 is 5.41. The molecular weight excluding hydrogens is 324 g/mol. The van der Waals surface area contributed by atoms with Gasteiger partial charge in [-0.25, -0.2) is 0 Å². The number of hydrogen-bond donors (Lipinski definition) is 1. The van der Waals surface area contributed by atoms with Gasteiger partial charge in [-0.3, -0.25) is 14.5 Å². The van der Waals surface area contributed by atoms with Crippen LogP contribution >= 0.6 is 15.9 Å². The molecule has 0 fully saturated rings. The molecule has 0 saturated carbocycles. The number of aryl methyl sites for hydroxylation is 1. The summed E-state index contributed by atoms with van der Waals surface area (Å²) in [5, 5.41) is 2.83. The molecule has 0 bridgehead atoms. The number of anilines is 1. The number of esters is 1. The van der Waals surface area contributed by atoms with Gasteiger partial charge < -0.3 is 10.1 Å². The Bertz CT molecular complexity index is 491. The van der Waals surface area contributed by atoms with Crippen LogP contribution in [-0.4, -0.2) is 44.0 Å². The van der Waals surface area contributed by atoms with Crippen molar-refractivity contribution in [3.8, 4) is 0 Å². The van der Waals surface area contributed by atoms with E-state index in [-0.39, 0.29) is 24.8 Å². The van der Waals surface area contributed by atoms with Gasteiger partial charge in [-0.05, 0) is 47.6 Å². The summed E-state index contributed by atoms with van der Waals surface area (Å²) >= 11 is 3.41. The van der Waals surface area contributed by atoms with Crippen molar-refractivity contribution in [2.24, 2.45) is 0 Å². The molecular formula is C14H19BrN2O3. The van der Waals surface area contributed by atoms with E-state index in [1.54, 1.807) is 11.9 Å². The van der Waals surface area contributed by atoms with E-state index in [0.29, 0.717) is 6.54 Å². The van der Waals surface area contributed by atoms with Crippen molar-refractivity contribution in [2.75, 3.05) is 32.6 Å². The Morgan fingerprint density at radius 2 is 2.10 bits per heavy atom. The minimum atomic E-state index is -0.279. The molecule has 0 saturated heterocycles. The van der Waals surface area contributed by atoms with Gasteiger partial charge in [0.25, 0.3) is 0 Å². The van der Waals surface area contributed by atoms with E-state index < -0.39 is 0 Å². The first-order valence-corrected chi connectivity index (χ1v) is 7.03.